The molecular weight excluding hydrogens is 431 g/mol. The molecule has 3 N–H and O–H groups in total. The van der Waals surface area contributed by atoms with Crippen LogP contribution in [-0.2, 0) is 4.74 Å². The molecule has 7 heteroatoms. The van der Waals surface area contributed by atoms with Crippen molar-refractivity contribution in [1.29, 1.82) is 0 Å². The van der Waals surface area contributed by atoms with Gasteiger partial charge in [0.05, 0.1) is 12.1 Å². The summed E-state index contributed by atoms with van der Waals surface area (Å²) in [6, 6.07) is 9.21. The zero-order valence-corrected chi connectivity index (χ0v) is 17.3. The lowest BCUT2D eigenvalue weighted by Gasteiger charge is -2.21. The molecule has 0 aromatic heterocycles. The molecule has 1 saturated heterocycles. The minimum atomic E-state index is -0.149. The molecule has 1 aromatic carbocycles. The van der Waals surface area contributed by atoms with Crippen LogP contribution in [0.2, 0.25) is 0 Å². The smallest absolute Gasteiger partial charge is 0.251 e. The Morgan fingerprint density at radius 1 is 1.20 bits per heavy atom. The molecule has 1 fully saturated rings. The highest BCUT2D eigenvalue weighted by atomic mass is 127. The average Bonchev–Trinajstić information content (AvgIpc) is 3.04. The van der Waals surface area contributed by atoms with Crippen LogP contribution in [0.25, 0.3) is 0 Å². The molecule has 1 heterocycles. The van der Waals surface area contributed by atoms with Crippen molar-refractivity contribution in [3.05, 3.63) is 35.9 Å². The molecule has 1 aliphatic rings. The van der Waals surface area contributed by atoms with Crippen LogP contribution in [0.1, 0.15) is 37.0 Å². The van der Waals surface area contributed by atoms with Gasteiger partial charge in [-0.05, 0) is 38.8 Å². The first-order chi connectivity index (χ1) is 11.6. The van der Waals surface area contributed by atoms with Crippen LogP contribution in [0, 0.1) is 0 Å². The third-order valence-electron chi connectivity index (χ3n) is 3.96. The van der Waals surface area contributed by atoms with Crippen molar-refractivity contribution in [2.75, 3.05) is 32.8 Å². The summed E-state index contributed by atoms with van der Waals surface area (Å²) in [7, 11) is 0. The van der Waals surface area contributed by atoms with Gasteiger partial charge < -0.3 is 20.7 Å². The second kappa shape index (κ2) is 11.3. The topological polar surface area (TPSA) is 74.8 Å². The van der Waals surface area contributed by atoms with Gasteiger partial charge in [-0.25, -0.2) is 0 Å². The van der Waals surface area contributed by atoms with Gasteiger partial charge in [-0.3, -0.25) is 9.79 Å². The highest BCUT2D eigenvalue weighted by Gasteiger charge is 2.29. The van der Waals surface area contributed by atoms with Crippen LogP contribution in [0.4, 0.5) is 0 Å². The Bertz CT molecular complexity index is 545. The molecule has 1 unspecified atom stereocenters. The summed E-state index contributed by atoms with van der Waals surface area (Å²) in [6.07, 6.45) is 2.14. The van der Waals surface area contributed by atoms with Gasteiger partial charge in [-0.15, -0.1) is 24.0 Å². The number of halogens is 1. The Kier molecular flexibility index (Phi) is 9.81. The van der Waals surface area contributed by atoms with E-state index in [4.69, 9.17) is 4.74 Å². The minimum Gasteiger partial charge on any atom is -0.373 e. The van der Waals surface area contributed by atoms with Crippen molar-refractivity contribution < 1.29 is 9.53 Å². The summed E-state index contributed by atoms with van der Waals surface area (Å²) in [5, 5.41) is 9.34. The van der Waals surface area contributed by atoms with E-state index in [-0.39, 0.29) is 35.5 Å². The number of rotatable bonds is 7. The fourth-order valence-corrected chi connectivity index (χ4v) is 2.60. The highest BCUT2D eigenvalue weighted by Crippen LogP contribution is 2.24. The van der Waals surface area contributed by atoms with E-state index in [0.717, 1.165) is 32.0 Å². The Hall–Kier alpha value is -1.35. The molecular formula is C18H29IN4O2. The first-order valence-electron chi connectivity index (χ1n) is 8.62. The molecule has 1 amide bonds. The summed E-state index contributed by atoms with van der Waals surface area (Å²) in [5.74, 6) is 0.689. The van der Waals surface area contributed by atoms with E-state index < -0.39 is 0 Å². The van der Waals surface area contributed by atoms with E-state index in [9.17, 15) is 4.79 Å². The monoisotopic (exact) mass is 460 g/mol. The second-order valence-electron chi connectivity index (χ2n) is 6.15. The van der Waals surface area contributed by atoms with E-state index in [1.54, 1.807) is 12.1 Å². The second-order valence-corrected chi connectivity index (χ2v) is 6.15. The summed E-state index contributed by atoms with van der Waals surface area (Å²) in [5.41, 5.74) is 0.522. The number of guanidine groups is 1. The Morgan fingerprint density at radius 2 is 1.92 bits per heavy atom. The maximum Gasteiger partial charge on any atom is 0.251 e. The molecule has 1 aromatic rings. The predicted octanol–water partition coefficient (Wildman–Crippen LogP) is 2.16. The van der Waals surface area contributed by atoms with Crippen LogP contribution < -0.4 is 16.0 Å². The van der Waals surface area contributed by atoms with Crippen LogP contribution in [0.5, 0.6) is 0 Å². The lowest BCUT2D eigenvalue weighted by molar-refractivity contribution is 0.0283. The van der Waals surface area contributed by atoms with Gasteiger partial charge >= 0.3 is 0 Å². The number of hydrogen-bond donors (Lipinski definition) is 3. The molecule has 0 aliphatic carbocycles. The molecule has 0 bridgehead atoms. The lowest BCUT2D eigenvalue weighted by atomic mass is 10.0. The molecule has 2 rings (SSSR count). The van der Waals surface area contributed by atoms with E-state index in [1.807, 2.05) is 25.1 Å². The summed E-state index contributed by atoms with van der Waals surface area (Å²) >= 11 is 0. The largest absolute Gasteiger partial charge is 0.373 e. The molecule has 140 valence electrons. The van der Waals surface area contributed by atoms with E-state index in [0.29, 0.717) is 25.2 Å². The number of carbonyl (C=O) groups excluding carboxylic acids is 1. The molecule has 0 spiro atoms. The van der Waals surface area contributed by atoms with Crippen LogP contribution in [0.3, 0.4) is 0 Å². The zero-order chi connectivity index (χ0) is 17.3. The lowest BCUT2D eigenvalue weighted by Crippen LogP contribution is -2.42. The zero-order valence-electron chi connectivity index (χ0n) is 15.0. The van der Waals surface area contributed by atoms with Crippen molar-refractivity contribution in [3.63, 3.8) is 0 Å². The van der Waals surface area contributed by atoms with Gasteiger partial charge in [-0.2, -0.15) is 0 Å². The number of benzene rings is 1. The van der Waals surface area contributed by atoms with Gasteiger partial charge in [-0.1, -0.05) is 18.2 Å². The number of aliphatic imine (C=N–C) groups is 1. The van der Waals surface area contributed by atoms with E-state index in [1.165, 1.54) is 0 Å². The Balaban J connectivity index is 0.00000312. The number of nitrogens with zero attached hydrogens (tertiary/aromatic N) is 1. The number of amides is 1. The van der Waals surface area contributed by atoms with E-state index in [2.05, 4.69) is 27.9 Å². The Morgan fingerprint density at radius 3 is 2.56 bits per heavy atom. The van der Waals surface area contributed by atoms with Gasteiger partial charge in [0, 0.05) is 31.8 Å². The highest BCUT2D eigenvalue weighted by molar-refractivity contribution is 14.0. The van der Waals surface area contributed by atoms with Crippen LogP contribution >= 0.6 is 24.0 Å². The fourth-order valence-electron chi connectivity index (χ4n) is 2.60. The summed E-state index contributed by atoms with van der Waals surface area (Å²) in [6.45, 7) is 7.53. The van der Waals surface area contributed by atoms with E-state index >= 15 is 0 Å². The third kappa shape index (κ3) is 7.60. The summed E-state index contributed by atoms with van der Waals surface area (Å²) < 4.78 is 5.76. The van der Waals surface area contributed by atoms with Gasteiger partial charge in [0.2, 0.25) is 0 Å². The van der Waals surface area contributed by atoms with Gasteiger partial charge in [0.1, 0.15) is 0 Å². The first kappa shape index (κ1) is 21.7. The normalized spacial score (nSPS) is 19.8. The number of carbonyl (C=O) groups is 1. The quantitative estimate of drug-likeness (QED) is 0.252. The summed E-state index contributed by atoms with van der Waals surface area (Å²) in [4.78, 5) is 16.6. The average molecular weight is 460 g/mol. The maximum atomic E-state index is 12.0. The van der Waals surface area contributed by atoms with Crippen molar-refractivity contribution >= 4 is 35.8 Å². The molecule has 25 heavy (non-hydrogen) atoms. The number of nitrogens with one attached hydrogen (secondary N) is 3. The van der Waals surface area contributed by atoms with Crippen molar-refractivity contribution in [2.45, 2.75) is 32.3 Å². The van der Waals surface area contributed by atoms with Crippen molar-refractivity contribution in [3.8, 4) is 0 Å². The number of ether oxygens (including phenoxy) is 1. The minimum absolute atomic E-state index is 0. The molecule has 1 aliphatic heterocycles. The SMILES string of the molecule is CCNC(=NCC1(C)CCCO1)NCCNC(=O)c1ccccc1.I. The standard InChI is InChI=1S/C18H28N4O2.HI/c1-3-19-17(22-14-18(2)10-7-13-24-18)21-12-11-20-16(23)15-8-5-4-6-9-15;/h4-6,8-9H,3,7,10-14H2,1-2H3,(H,20,23)(H2,19,21,22);1H. The Labute approximate surface area is 167 Å². The van der Waals surface area contributed by atoms with Gasteiger partial charge in [0.25, 0.3) is 5.91 Å². The maximum absolute atomic E-state index is 12.0. The van der Waals surface area contributed by atoms with Crippen molar-refractivity contribution in [2.24, 2.45) is 4.99 Å². The molecule has 1 atom stereocenters. The molecule has 0 radical (unpaired) electrons. The molecule has 6 nitrogen and oxygen atoms in total. The predicted molar refractivity (Wildman–Crippen MR) is 112 cm³/mol. The molecule has 0 saturated carbocycles. The third-order valence-corrected chi connectivity index (χ3v) is 3.96. The van der Waals surface area contributed by atoms with Crippen molar-refractivity contribution in [1.82, 2.24) is 16.0 Å². The first-order valence-corrected chi connectivity index (χ1v) is 8.62. The van der Waals surface area contributed by atoms with Crippen LogP contribution in [-0.4, -0.2) is 50.3 Å². The fraction of sp³-hybridized carbons (Fsp3) is 0.556. The van der Waals surface area contributed by atoms with Crippen LogP contribution in [0.15, 0.2) is 35.3 Å². The van der Waals surface area contributed by atoms with Gasteiger partial charge in [0.15, 0.2) is 5.96 Å². The number of hydrogen-bond acceptors (Lipinski definition) is 3.